The largest absolute Gasteiger partial charge is 0.378 e. The molecule has 0 bridgehead atoms. The SMILES string of the molecule is CSc1ccc(C(C)Nc2cccc(Cl)c2)cc1. The monoisotopic (exact) mass is 277 g/mol. The van der Waals surface area contributed by atoms with Crippen LogP contribution in [-0.2, 0) is 0 Å². The number of anilines is 1. The molecule has 0 aliphatic rings. The molecule has 0 aliphatic carbocycles. The number of benzene rings is 2. The quantitative estimate of drug-likeness (QED) is 0.768. The normalized spacial score (nSPS) is 12.2. The second kappa shape index (κ2) is 6.17. The van der Waals surface area contributed by atoms with Gasteiger partial charge in [0.15, 0.2) is 0 Å². The van der Waals surface area contributed by atoms with Crippen LogP contribution in [0.1, 0.15) is 18.5 Å². The molecule has 18 heavy (non-hydrogen) atoms. The third-order valence-electron chi connectivity index (χ3n) is 2.82. The summed E-state index contributed by atoms with van der Waals surface area (Å²) in [5, 5.41) is 4.20. The highest BCUT2D eigenvalue weighted by molar-refractivity contribution is 7.98. The van der Waals surface area contributed by atoms with Crippen LogP contribution >= 0.6 is 23.4 Å². The lowest BCUT2D eigenvalue weighted by Crippen LogP contribution is -2.06. The van der Waals surface area contributed by atoms with Gasteiger partial charge in [-0.2, -0.15) is 0 Å². The first-order valence-corrected chi connectivity index (χ1v) is 7.45. The van der Waals surface area contributed by atoms with Crippen molar-refractivity contribution in [1.29, 1.82) is 0 Å². The van der Waals surface area contributed by atoms with E-state index < -0.39 is 0 Å². The van der Waals surface area contributed by atoms with Gasteiger partial charge in [0.2, 0.25) is 0 Å². The van der Waals surface area contributed by atoms with Crippen LogP contribution in [0.4, 0.5) is 5.69 Å². The van der Waals surface area contributed by atoms with Crippen LogP contribution in [0.15, 0.2) is 53.4 Å². The molecule has 3 heteroatoms. The van der Waals surface area contributed by atoms with Gasteiger partial charge in [-0.15, -0.1) is 11.8 Å². The Labute approximate surface area is 118 Å². The third kappa shape index (κ3) is 3.44. The zero-order valence-corrected chi connectivity index (χ0v) is 12.1. The maximum atomic E-state index is 5.97. The summed E-state index contributed by atoms with van der Waals surface area (Å²) in [5.41, 5.74) is 2.32. The van der Waals surface area contributed by atoms with E-state index in [0.717, 1.165) is 10.7 Å². The van der Waals surface area contributed by atoms with E-state index in [0.29, 0.717) is 0 Å². The van der Waals surface area contributed by atoms with Crippen LogP contribution in [0.2, 0.25) is 5.02 Å². The molecule has 0 heterocycles. The maximum absolute atomic E-state index is 5.97. The molecule has 2 aromatic carbocycles. The summed E-state index contributed by atoms with van der Waals surface area (Å²) in [4.78, 5) is 1.29. The fourth-order valence-electron chi connectivity index (χ4n) is 1.80. The van der Waals surface area contributed by atoms with Crippen LogP contribution < -0.4 is 5.32 Å². The molecule has 0 saturated carbocycles. The summed E-state index contributed by atoms with van der Waals surface area (Å²) in [6, 6.07) is 16.7. The number of hydrogen-bond donors (Lipinski definition) is 1. The molecular weight excluding hydrogens is 262 g/mol. The van der Waals surface area contributed by atoms with E-state index in [1.54, 1.807) is 11.8 Å². The first kappa shape index (κ1) is 13.3. The van der Waals surface area contributed by atoms with Gasteiger partial charge >= 0.3 is 0 Å². The van der Waals surface area contributed by atoms with Crippen LogP contribution in [0.5, 0.6) is 0 Å². The summed E-state index contributed by atoms with van der Waals surface area (Å²) < 4.78 is 0. The van der Waals surface area contributed by atoms with Crippen molar-refractivity contribution in [3.05, 3.63) is 59.1 Å². The van der Waals surface area contributed by atoms with E-state index in [1.807, 2.05) is 24.3 Å². The average Bonchev–Trinajstić information content (AvgIpc) is 2.39. The Bertz CT molecular complexity index is 510. The number of rotatable bonds is 4. The van der Waals surface area contributed by atoms with Gasteiger partial charge in [0.1, 0.15) is 0 Å². The molecule has 0 spiro atoms. The lowest BCUT2D eigenvalue weighted by atomic mass is 10.1. The summed E-state index contributed by atoms with van der Waals surface area (Å²) in [6.07, 6.45) is 2.09. The van der Waals surface area contributed by atoms with Crippen molar-refractivity contribution in [2.75, 3.05) is 11.6 Å². The van der Waals surface area contributed by atoms with Crippen molar-refractivity contribution in [2.45, 2.75) is 17.9 Å². The molecule has 0 aliphatic heterocycles. The molecule has 94 valence electrons. The minimum absolute atomic E-state index is 0.263. The van der Waals surface area contributed by atoms with E-state index >= 15 is 0 Å². The van der Waals surface area contributed by atoms with Gasteiger partial charge < -0.3 is 5.32 Å². The molecule has 0 amide bonds. The number of halogens is 1. The average molecular weight is 278 g/mol. The molecule has 1 atom stereocenters. The molecular formula is C15H16ClNS. The Morgan fingerprint density at radius 1 is 1.11 bits per heavy atom. The zero-order valence-electron chi connectivity index (χ0n) is 10.5. The fraction of sp³-hybridized carbons (Fsp3) is 0.200. The zero-order chi connectivity index (χ0) is 13.0. The minimum atomic E-state index is 0.263. The van der Waals surface area contributed by atoms with E-state index in [2.05, 4.69) is 42.8 Å². The number of hydrogen-bond acceptors (Lipinski definition) is 2. The van der Waals surface area contributed by atoms with Gasteiger partial charge in [0.25, 0.3) is 0 Å². The number of nitrogens with one attached hydrogen (secondary N) is 1. The van der Waals surface area contributed by atoms with Gasteiger partial charge in [-0.05, 0) is 49.1 Å². The molecule has 2 aromatic rings. The Kier molecular flexibility index (Phi) is 4.56. The van der Waals surface area contributed by atoms with Crippen molar-refractivity contribution in [3.63, 3.8) is 0 Å². The van der Waals surface area contributed by atoms with Gasteiger partial charge in [0.05, 0.1) is 0 Å². The molecule has 1 N–H and O–H groups in total. The van der Waals surface area contributed by atoms with Crippen LogP contribution in [0, 0.1) is 0 Å². The predicted octanol–water partition coefficient (Wildman–Crippen LogP) is 5.24. The van der Waals surface area contributed by atoms with Crippen LogP contribution in [0.3, 0.4) is 0 Å². The highest BCUT2D eigenvalue weighted by atomic mass is 35.5. The van der Waals surface area contributed by atoms with Gasteiger partial charge in [-0.1, -0.05) is 29.8 Å². The van der Waals surface area contributed by atoms with Crippen LogP contribution in [0.25, 0.3) is 0 Å². The standard InChI is InChI=1S/C15H16ClNS/c1-11(12-6-8-15(18-2)9-7-12)17-14-5-3-4-13(16)10-14/h3-11,17H,1-2H3. The van der Waals surface area contributed by atoms with E-state index in [-0.39, 0.29) is 6.04 Å². The highest BCUT2D eigenvalue weighted by Gasteiger charge is 2.05. The second-order valence-electron chi connectivity index (χ2n) is 4.15. The third-order valence-corrected chi connectivity index (χ3v) is 3.80. The lowest BCUT2D eigenvalue weighted by molar-refractivity contribution is 0.883. The first-order valence-electron chi connectivity index (χ1n) is 5.85. The van der Waals surface area contributed by atoms with E-state index in [9.17, 15) is 0 Å². The van der Waals surface area contributed by atoms with Crippen molar-refractivity contribution >= 4 is 29.1 Å². The van der Waals surface area contributed by atoms with E-state index in [4.69, 9.17) is 11.6 Å². The Hall–Kier alpha value is -1.12. The van der Waals surface area contributed by atoms with Crippen LogP contribution in [-0.4, -0.2) is 6.26 Å². The van der Waals surface area contributed by atoms with E-state index in [1.165, 1.54) is 10.5 Å². The van der Waals surface area contributed by atoms with Gasteiger partial charge in [-0.25, -0.2) is 0 Å². The summed E-state index contributed by atoms with van der Waals surface area (Å²) >= 11 is 7.73. The number of thioether (sulfide) groups is 1. The molecule has 0 saturated heterocycles. The Morgan fingerprint density at radius 3 is 2.44 bits per heavy atom. The Balaban J connectivity index is 2.09. The molecule has 1 unspecified atom stereocenters. The minimum Gasteiger partial charge on any atom is -0.378 e. The smallest absolute Gasteiger partial charge is 0.0485 e. The summed E-state index contributed by atoms with van der Waals surface area (Å²) in [6.45, 7) is 2.15. The molecule has 0 radical (unpaired) electrons. The van der Waals surface area contributed by atoms with Crippen molar-refractivity contribution < 1.29 is 0 Å². The van der Waals surface area contributed by atoms with Crippen molar-refractivity contribution in [3.8, 4) is 0 Å². The topological polar surface area (TPSA) is 12.0 Å². The lowest BCUT2D eigenvalue weighted by Gasteiger charge is -2.16. The van der Waals surface area contributed by atoms with Crippen molar-refractivity contribution in [2.24, 2.45) is 0 Å². The summed E-state index contributed by atoms with van der Waals surface area (Å²) in [5.74, 6) is 0. The summed E-state index contributed by atoms with van der Waals surface area (Å²) in [7, 11) is 0. The first-order chi connectivity index (χ1) is 8.69. The molecule has 0 fully saturated rings. The fourth-order valence-corrected chi connectivity index (χ4v) is 2.40. The molecule has 2 rings (SSSR count). The van der Waals surface area contributed by atoms with Gasteiger partial charge in [-0.3, -0.25) is 0 Å². The maximum Gasteiger partial charge on any atom is 0.0485 e. The van der Waals surface area contributed by atoms with Crippen molar-refractivity contribution in [1.82, 2.24) is 0 Å². The second-order valence-corrected chi connectivity index (χ2v) is 5.47. The highest BCUT2D eigenvalue weighted by Crippen LogP contribution is 2.23. The molecule has 0 aromatic heterocycles. The predicted molar refractivity (Wildman–Crippen MR) is 81.7 cm³/mol. The van der Waals surface area contributed by atoms with Gasteiger partial charge in [0, 0.05) is 21.6 Å². The Morgan fingerprint density at radius 2 is 1.83 bits per heavy atom. The molecule has 1 nitrogen and oxygen atoms in total.